The quantitative estimate of drug-likeness (QED) is 0.716. The first-order valence-corrected chi connectivity index (χ1v) is 4.76. The Bertz CT molecular complexity index is 329. The van der Waals surface area contributed by atoms with Crippen molar-refractivity contribution in [2.24, 2.45) is 0 Å². The first kappa shape index (κ1) is 12.4. The molecule has 5 heteroatoms. The smallest absolute Gasteiger partial charge is 0.213 e. The van der Waals surface area contributed by atoms with Gasteiger partial charge in [-0.25, -0.2) is 4.98 Å². The van der Waals surface area contributed by atoms with Gasteiger partial charge in [-0.1, -0.05) is 0 Å². The van der Waals surface area contributed by atoms with Gasteiger partial charge in [0.2, 0.25) is 5.95 Å². The lowest BCUT2D eigenvalue weighted by molar-refractivity contribution is 0.00555. The van der Waals surface area contributed by atoms with Crippen molar-refractivity contribution in [2.45, 2.75) is 18.4 Å². The molecular formula is C10H14ClFN2O. The van der Waals surface area contributed by atoms with Gasteiger partial charge in [0.15, 0.2) is 0 Å². The van der Waals surface area contributed by atoms with Crippen LogP contribution in [-0.2, 0) is 5.60 Å². The number of aromatic nitrogens is 1. The molecule has 0 spiro atoms. The van der Waals surface area contributed by atoms with Gasteiger partial charge in [0, 0.05) is 6.20 Å². The van der Waals surface area contributed by atoms with Crippen LogP contribution in [0.25, 0.3) is 0 Å². The summed E-state index contributed by atoms with van der Waals surface area (Å²) >= 11 is 0. The molecule has 0 saturated carbocycles. The monoisotopic (exact) mass is 232 g/mol. The highest BCUT2D eigenvalue weighted by molar-refractivity contribution is 5.85. The van der Waals surface area contributed by atoms with Crippen molar-refractivity contribution in [3.05, 3.63) is 29.8 Å². The van der Waals surface area contributed by atoms with Crippen LogP contribution in [0.4, 0.5) is 4.39 Å². The molecule has 0 bridgehead atoms. The number of hydrogen-bond acceptors (Lipinski definition) is 3. The molecule has 0 aromatic carbocycles. The summed E-state index contributed by atoms with van der Waals surface area (Å²) in [6.45, 7) is 1.53. The molecule has 0 unspecified atom stereocenters. The maximum Gasteiger partial charge on any atom is 0.213 e. The summed E-state index contributed by atoms with van der Waals surface area (Å²) in [5.41, 5.74) is -0.249. The Hall–Kier alpha value is -0.710. The molecule has 15 heavy (non-hydrogen) atoms. The predicted octanol–water partition coefficient (Wildman–Crippen LogP) is 1.21. The summed E-state index contributed by atoms with van der Waals surface area (Å²) in [5, 5.41) is 13.4. The average molecular weight is 233 g/mol. The zero-order valence-corrected chi connectivity index (χ0v) is 9.06. The number of pyridine rings is 1. The summed E-state index contributed by atoms with van der Waals surface area (Å²) < 4.78 is 12.9. The zero-order chi connectivity index (χ0) is 10.0. The van der Waals surface area contributed by atoms with Crippen LogP contribution in [0.5, 0.6) is 0 Å². The topological polar surface area (TPSA) is 45.2 Å². The molecule has 0 amide bonds. The SMILES string of the molecule is Cl.OC1(c2ccnc(F)c2)CCNCC1. The van der Waals surface area contributed by atoms with Crippen molar-refractivity contribution in [1.29, 1.82) is 0 Å². The van der Waals surface area contributed by atoms with Crippen LogP contribution in [0.2, 0.25) is 0 Å². The van der Waals surface area contributed by atoms with Gasteiger partial charge in [0.05, 0.1) is 5.60 Å². The van der Waals surface area contributed by atoms with E-state index >= 15 is 0 Å². The Morgan fingerprint density at radius 3 is 2.67 bits per heavy atom. The summed E-state index contributed by atoms with van der Waals surface area (Å²) in [4.78, 5) is 3.47. The maximum atomic E-state index is 12.9. The molecule has 1 saturated heterocycles. The molecule has 0 aliphatic carbocycles. The van der Waals surface area contributed by atoms with Gasteiger partial charge >= 0.3 is 0 Å². The molecule has 0 radical (unpaired) electrons. The fraction of sp³-hybridized carbons (Fsp3) is 0.500. The first-order chi connectivity index (χ1) is 6.71. The van der Waals surface area contributed by atoms with E-state index < -0.39 is 11.5 Å². The second-order valence-corrected chi connectivity index (χ2v) is 3.65. The Kier molecular flexibility index (Phi) is 4.02. The molecule has 0 atom stereocenters. The number of halogens is 2. The van der Waals surface area contributed by atoms with Gasteiger partial charge in [0.25, 0.3) is 0 Å². The molecule has 1 aromatic rings. The van der Waals surface area contributed by atoms with E-state index in [2.05, 4.69) is 10.3 Å². The van der Waals surface area contributed by atoms with Crippen LogP contribution in [0.1, 0.15) is 18.4 Å². The fourth-order valence-electron chi connectivity index (χ4n) is 1.82. The number of nitrogens with zero attached hydrogens (tertiary/aromatic N) is 1. The normalized spacial score (nSPS) is 19.3. The summed E-state index contributed by atoms with van der Waals surface area (Å²) in [5.74, 6) is -0.533. The largest absolute Gasteiger partial charge is 0.385 e. The second-order valence-electron chi connectivity index (χ2n) is 3.65. The van der Waals surface area contributed by atoms with Gasteiger partial charge in [-0.05, 0) is 43.6 Å². The standard InChI is InChI=1S/C10H13FN2O.ClH/c11-9-7-8(1-4-13-9)10(14)2-5-12-6-3-10;/h1,4,7,12,14H,2-3,5-6H2;1H. The molecule has 1 aliphatic rings. The Labute approximate surface area is 94.1 Å². The minimum atomic E-state index is -0.880. The van der Waals surface area contributed by atoms with E-state index in [1.165, 1.54) is 12.3 Å². The number of aliphatic hydroxyl groups is 1. The van der Waals surface area contributed by atoms with Crippen LogP contribution < -0.4 is 5.32 Å². The van der Waals surface area contributed by atoms with Crippen molar-refractivity contribution in [3.8, 4) is 0 Å². The van der Waals surface area contributed by atoms with Gasteiger partial charge in [-0.15, -0.1) is 12.4 Å². The minimum absolute atomic E-state index is 0. The van der Waals surface area contributed by atoms with Crippen LogP contribution in [0, 0.1) is 5.95 Å². The van der Waals surface area contributed by atoms with E-state index in [0.717, 1.165) is 13.1 Å². The van der Waals surface area contributed by atoms with Crippen molar-refractivity contribution >= 4 is 12.4 Å². The third-order valence-corrected chi connectivity index (χ3v) is 2.69. The second kappa shape index (κ2) is 4.88. The van der Waals surface area contributed by atoms with Gasteiger partial charge in [0.1, 0.15) is 0 Å². The number of rotatable bonds is 1. The Morgan fingerprint density at radius 1 is 1.40 bits per heavy atom. The number of piperidine rings is 1. The number of hydrogen-bond donors (Lipinski definition) is 2. The molecule has 2 rings (SSSR count). The van der Waals surface area contributed by atoms with E-state index in [4.69, 9.17) is 0 Å². The van der Waals surface area contributed by atoms with Gasteiger partial charge in [-0.2, -0.15) is 4.39 Å². The van der Waals surface area contributed by atoms with E-state index in [1.807, 2.05) is 0 Å². The van der Waals surface area contributed by atoms with Crippen LogP contribution in [-0.4, -0.2) is 23.2 Å². The zero-order valence-electron chi connectivity index (χ0n) is 8.24. The number of nitrogens with one attached hydrogen (secondary N) is 1. The maximum absolute atomic E-state index is 12.9. The van der Waals surface area contributed by atoms with E-state index in [9.17, 15) is 9.50 Å². The summed E-state index contributed by atoms with van der Waals surface area (Å²) in [6.07, 6.45) is 2.64. The third kappa shape index (κ3) is 2.65. The molecule has 1 aliphatic heterocycles. The Morgan fingerprint density at radius 2 is 2.07 bits per heavy atom. The lowest BCUT2D eigenvalue weighted by Crippen LogP contribution is -2.39. The van der Waals surface area contributed by atoms with E-state index in [-0.39, 0.29) is 12.4 Å². The first-order valence-electron chi connectivity index (χ1n) is 4.76. The predicted molar refractivity (Wildman–Crippen MR) is 57.4 cm³/mol. The molecular weight excluding hydrogens is 219 g/mol. The molecule has 3 nitrogen and oxygen atoms in total. The average Bonchev–Trinajstić information content (AvgIpc) is 2.19. The summed E-state index contributed by atoms with van der Waals surface area (Å²) in [7, 11) is 0. The van der Waals surface area contributed by atoms with Crippen LogP contribution in [0.15, 0.2) is 18.3 Å². The van der Waals surface area contributed by atoms with E-state index in [0.29, 0.717) is 18.4 Å². The van der Waals surface area contributed by atoms with Crippen molar-refractivity contribution in [2.75, 3.05) is 13.1 Å². The molecule has 2 N–H and O–H groups in total. The molecule has 1 aromatic heterocycles. The summed E-state index contributed by atoms with van der Waals surface area (Å²) in [6, 6.07) is 2.99. The highest BCUT2D eigenvalue weighted by Crippen LogP contribution is 2.29. The lowest BCUT2D eigenvalue weighted by Gasteiger charge is -2.32. The van der Waals surface area contributed by atoms with Crippen LogP contribution in [0.3, 0.4) is 0 Å². The van der Waals surface area contributed by atoms with Crippen LogP contribution >= 0.6 is 12.4 Å². The molecule has 2 heterocycles. The van der Waals surface area contributed by atoms with E-state index in [1.54, 1.807) is 6.07 Å². The Balaban J connectivity index is 0.00000112. The minimum Gasteiger partial charge on any atom is -0.385 e. The van der Waals surface area contributed by atoms with Crippen molar-refractivity contribution < 1.29 is 9.50 Å². The highest BCUT2D eigenvalue weighted by atomic mass is 35.5. The fourth-order valence-corrected chi connectivity index (χ4v) is 1.82. The molecule has 1 fully saturated rings. The lowest BCUT2D eigenvalue weighted by atomic mass is 9.86. The van der Waals surface area contributed by atoms with Crippen molar-refractivity contribution in [1.82, 2.24) is 10.3 Å². The highest BCUT2D eigenvalue weighted by Gasteiger charge is 2.31. The van der Waals surface area contributed by atoms with Gasteiger partial charge in [-0.3, -0.25) is 0 Å². The van der Waals surface area contributed by atoms with Gasteiger partial charge < -0.3 is 10.4 Å². The third-order valence-electron chi connectivity index (χ3n) is 2.69. The molecule has 84 valence electrons. The van der Waals surface area contributed by atoms with Crippen molar-refractivity contribution in [3.63, 3.8) is 0 Å².